The molecule has 0 aromatic rings. The van der Waals surface area contributed by atoms with Crippen molar-refractivity contribution in [1.29, 1.82) is 0 Å². The van der Waals surface area contributed by atoms with Crippen LogP contribution in [-0.4, -0.2) is 33.0 Å². The highest BCUT2D eigenvalue weighted by Crippen LogP contribution is 2.43. The van der Waals surface area contributed by atoms with E-state index in [1.807, 2.05) is 0 Å². The Morgan fingerprint density at radius 2 is 2.00 bits per heavy atom. The third-order valence-corrected chi connectivity index (χ3v) is 5.60. The first-order chi connectivity index (χ1) is 8.76. The van der Waals surface area contributed by atoms with Crippen molar-refractivity contribution in [3.05, 3.63) is 0 Å². The fourth-order valence-corrected chi connectivity index (χ4v) is 4.23. The molecule has 0 aromatic heterocycles. The Kier molecular flexibility index (Phi) is 6.31. The highest BCUT2D eigenvalue weighted by Gasteiger charge is 2.36. The van der Waals surface area contributed by atoms with Crippen LogP contribution in [0.25, 0.3) is 0 Å². The zero-order chi connectivity index (χ0) is 14.5. The van der Waals surface area contributed by atoms with Crippen LogP contribution in [0.15, 0.2) is 0 Å². The molecular formula is C15H31NO2S. The highest BCUT2D eigenvalue weighted by molar-refractivity contribution is 7.90. The maximum Gasteiger partial charge on any atom is 0.147 e. The number of hydrogen-bond acceptors (Lipinski definition) is 3. The smallest absolute Gasteiger partial charge is 0.147 e. The predicted octanol–water partition coefficient (Wildman–Crippen LogP) is 3.01. The number of sulfone groups is 1. The Morgan fingerprint density at radius 3 is 2.53 bits per heavy atom. The van der Waals surface area contributed by atoms with Crippen molar-refractivity contribution in [2.45, 2.75) is 65.3 Å². The average molecular weight is 289 g/mol. The van der Waals surface area contributed by atoms with Gasteiger partial charge in [0.2, 0.25) is 0 Å². The Labute approximate surface area is 119 Å². The second-order valence-corrected chi connectivity index (χ2v) is 9.04. The van der Waals surface area contributed by atoms with E-state index in [2.05, 4.69) is 26.1 Å². The number of hydrogen-bond donors (Lipinski definition) is 1. The van der Waals surface area contributed by atoms with Crippen LogP contribution < -0.4 is 5.32 Å². The van der Waals surface area contributed by atoms with Gasteiger partial charge in [-0.05, 0) is 43.6 Å². The summed E-state index contributed by atoms with van der Waals surface area (Å²) in [7, 11) is -2.82. The van der Waals surface area contributed by atoms with Crippen LogP contribution in [-0.2, 0) is 9.84 Å². The van der Waals surface area contributed by atoms with Crippen LogP contribution in [0.3, 0.4) is 0 Å². The zero-order valence-corrected chi connectivity index (χ0v) is 13.9. The fourth-order valence-electron chi connectivity index (χ4n) is 3.54. The third kappa shape index (κ3) is 5.82. The van der Waals surface area contributed by atoms with E-state index in [1.165, 1.54) is 31.9 Å². The van der Waals surface area contributed by atoms with Crippen molar-refractivity contribution >= 4 is 9.84 Å². The van der Waals surface area contributed by atoms with Crippen molar-refractivity contribution in [3.63, 3.8) is 0 Å². The Morgan fingerprint density at radius 1 is 1.32 bits per heavy atom. The van der Waals surface area contributed by atoms with Gasteiger partial charge in [-0.25, -0.2) is 8.42 Å². The summed E-state index contributed by atoms with van der Waals surface area (Å²) in [5.41, 5.74) is 0.385. The highest BCUT2D eigenvalue weighted by atomic mass is 32.2. The largest absolute Gasteiger partial charge is 0.314 e. The quantitative estimate of drug-likeness (QED) is 0.783. The predicted molar refractivity (Wildman–Crippen MR) is 82.1 cm³/mol. The second-order valence-electron chi connectivity index (χ2n) is 6.78. The molecule has 0 saturated heterocycles. The lowest BCUT2D eigenvalue weighted by molar-refractivity contribution is 0.0951. The number of nitrogens with one attached hydrogen (secondary N) is 1. The molecule has 1 aliphatic carbocycles. The summed E-state index contributed by atoms with van der Waals surface area (Å²) in [5.74, 6) is 1.00. The van der Waals surface area contributed by atoms with Gasteiger partial charge in [0, 0.05) is 18.1 Å². The third-order valence-electron chi connectivity index (χ3n) is 4.57. The SMILES string of the molecule is CCNC(CCCS(C)(=O)=O)C1CCCCC1(C)C. The lowest BCUT2D eigenvalue weighted by Crippen LogP contribution is -2.45. The molecule has 1 saturated carbocycles. The first-order valence-corrected chi connectivity index (χ1v) is 9.73. The van der Waals surface area contributed by atoms with Crippen molar-refractivity contribution < 1.29 is 8.42 Å². The Hall–Kier alpha value is -0.0900. The van der Waals surface area contributed by atoms with E-state index < -0.39 is 9.84 Å². The maximum absolute atomic E-state index is 11.3. The van der Waals surface area contributed by atoms with Gasteiger partial charge in [0.1, 0.15) is 9.84 Å². The molecule has 4 heteroatoms. The monoisotopic (exact) mass is 289 g/mol. The van der Waals surface area contributed by atoms with Crippen LogP contribution in [0.2, 0.25) is 0 Å². The summed E-state index contributed by atoms with van der Waals surface area (Å²) >= 11 is 0. The first kappa shape index (κ1) is 17.0. The summed E-state index contributed by atoms with van der Waals surface area (Å²) in [6.07, 6.45) is 8.33. The summed E-state index contributed by atoms with van der Waals surface area (Å²) in [6.45, 7) is 7.85. The fraction of sp³-hybridized carbons (Fsp3) is 1.00. The average Bonchev–Trinajstić information content (AvgIpc) is 2.26. The van der Waals surface area contributed by atoms with Crippen LogP contribution in [0.5, 0.6) is 0 Å². The Balaban J connectivity index is 2.60. The second kappa shape index (κ2) is 7.07. The molecule has 2 atom stereocenters. The molecule has 3 nitrogen and oxygen atoms in total. The van der Waals surface area contributed by atoms with E-state index in [0.29, 0.717) is 23.1 Å². The lowest BCUT2D eigenvalue weighted by Gasteiger charge is -2.43. The van der Waals surface area contributed by atoms with Gasteiger partial charge in [0.15, 0.2) is 0 Å². The van der Waals surface area contributed by atoms with Gasteiger partial charge in [-0.1, -0.05) is 33.6 Å². The van der Waals surface area contributed by atoms with Crippen molar-refractivity contribution in [2.24, 2.45) is 11.3 Å². The van der Waals surface area contributed by atoms with Crippen LogP contribution in [0.1, 0.15) is 59.3 Å². The molecule has 19 heavy (non-hydrogen) atoms. The van der Waals surface area contributed by atoms with Gasteiger partial charge >= 0.3 is 0 Å². The minimum absolute atomic E-state index is 0.321. The van der Waals surface area contributed by atoms with E-state index >= 15 is 0 Å². The number of rotatable bonds is 7. The summed E-state index contributed by atoms with van der Waals surface area (Å²) < 4.78 is 22.5. The molecule has 0 amide bonds. The Bertz CT molecular complexity index is 362. The lowest BCUT2D eigenvalue weighted by atomic mass is 9.65. The zero-order valence-electron chi connectivity index (χ0n) is 13.0. The summed E-state index contributed by atoms with van der Waals surface area (Å²) in [5, 5.41) is 3.60. The van der Waals surface area contributed by atoms with E-state index in [0.717, 1.165) is 19.4 Å². The summed E-state index contributed by atoms with van der Waals surface area (Å²) in [4.78, 5) is 0. The molecule has 1 rings (SSSR count). The molecule has 1 aliphatic rings. The molecular weight excluding hydrogens is 258 g/mol. The molecule has 0 spiro atoms. The van der Waals surface area contributed by atoms with Gasteiger partial charge in [-0.2, -0.15) is 0 Å². The molecule has 1 N–H and O–H groups in total. The minimum atomic E-state index is -2.82. The van der Waals surface area contributed by atoms with Crippen molar-refractivity contribution in [2.75, 3.05) is 18.6 Å². The van der Waals surface area contributed by atoms with Crippen LogP contribution in [0, 0.1) is 11.3 Å². The van der Waals surface area contributed by atoms with Crippen molar-refractivity contribution in [1.82, 2.24) is 5.32 Å². The molecule has 0 aliphatic heterocycles. The van der Waals surface area contributed by atoms with Gasteiger partial charge in [0.05, 0.1) is 0 Å². The molecule has 0 radical (unpaired) electrons. The van der Waals surface area contributed by atoms with Gasteiger partial charge in [-0.3, -0.25) is 0 Å². The topological polar surface area (TPSA) is 46.2 Å². The van der Waals surface area contributed by atoms with Gasteiger partial charge in [0.25, 0.3) is 0 Å². The van der Waals surface area contributed by atoms with E-state index in [1.54, 1.807) is 0 Å². The molecule has 114 valence electrons. The standard InChI is InChI=1S/C15H31NO2S/c1-5-16-14(10-8-12-19(4,17)18)13-9-6-7-11-15(13,2)3/h13-14,16H,5-12H2,1-4H3. The van der Waals surface area contributed by atoms with E-state index in [4.69, 9.17) is 0 Å². The van der Waals surface area contributed by atoms with Gasteiger partial charge in [-0.15, -0.1) is 0 Å². The summed E-state index contributed by atoms with van der Waals surface area (Å²) in [6, 6.07) is 0.474. The van der Waals surface area contributed by atoms with Crippen LogP contribution >= 0.6 is 0 Å². The molecule has 0 aromatic carbocycles. The van der Waals surface area contributed by atoms with Crippen LogP contribution in [0.4, 0.5) is 0 Å². The van der Waals surface area contributed by atoms with E-state index in [9.17, 15) is 8.42 Å². The normalized spacial score (nSPS) is 25.2. The molecule has 1 fully saturated rings. The van der Waals surface area contributed by atoms with Gasteiger partial charge < -0.3 is 5.32 Å². The first-order valence-electron chi connectivity index (χ1n) is 7.67. The van der Waals surface area contributed by atoms with E-state index in [-0.39, 0.29) is 0 Å². The minimum Gasteiger partial charge on any atom is -0.314 e. The van der Waals surface area contributed by atoms with Crippen molar-refractivity contribution in [3.8, 4) is 0 Å². The maximum atomic E-state index is 11.3. The molecule has 0 bridgehead atoms. The molecule has 2 unspecified atom stereocenters. The molecule has 0 heterocycles.